The summed E-state index contributed by atoms with van der Waals surface area (Å²) < 4.78 is 0. The summed E-state index contributed by atoms with van der Waals surface area (Å²) in [6.45, 7) is 9.03. The van der Waals surface area contributed by atoms with Crippen molar-refractivity contribution in [1.82, 2.24) is 0 Å². The zero-order chi connectivity index (χ0) is 13.8. The van der Waals surface area contributed by atoms with E-state index in [4.69, 9.17) is 0 Å². The van der Waals surface area contributed by atoms with Crippen molar-refractivity contribution in [2.24, 2.45) is 0 Å². The smallest absolute Gasteiger partial charge is 0.0182 e. The van der Waals surface area contributed by atoms with Crippen LogP contribution in [-0.4, -0.2) is 0 Å². The molecular formula is C19H24. The lowest BCUT2D eigenvalue weighted by Crippen LogP contribution is -2.02. The molecule has 2 rings (SSSR count). The third-order valence-electron chi connectivity index (χ3n) is 4.07. The van der Waals surface area contributed by atoms with Gasteiger partial charge in [-0.3, -0.25) is 0 Å². The molecule has 0 fully saturated rings. The summed E-state index contributed by atoms with van der Waals surface area (Å²) in [6.07, 6.45) is 1.20. The average Bonchev–Trinajstić information content (AvgIpc) is 2.39. The molecule has 100 valence electrons. The van der Waals surface area contributed by atoms with Crippen molar-refractivity contribution in [3.8, 4) is 0 Å². The van der Waals surface area contributed by atoms with Gasteiger partial charge < -0.3 is 0 Å². The number of aryl methyl sites for hydroxylation is 2. The highest BCUT2D eigenvalue weighted by atomic mass is 14.2. The van der Waals surface area contributed by atoms with E-state index >= 15 is 0 Å². The van der Waals surface area contributed by atoms with Crippen LogP contribution in [0.15, 0.2) is 48.5 Å². The van der Waals surface area contributed by atoms with E-state index in [-0.39, 0.29) is 0 Å². The number of benzene rings is 2. The summed E-state index contributed by atoms with van der Waals surface area (Å²) in [7, 11) is 0. The van der Waals surface area contributed by atoms with Crippen molar-refractivity contribution in [2.75, 3.05) is 0 Å². The van der Waals surface area contributed by atoms with Crippen LogP contribution in [0, 0.1) is 13.8 Å². The van der Waals surface area contributed by atoms with Gasteiger partial charge in [-0.25, -0.2) is 0 Å². The summed E-state index contributed by atoms with van der Waals surface area (Å²) >= 11 is 0. The van der Waals surface area contributed by atoms with Gasteiger partial charge in [-0.1, -0.05) is 67.9 Å². The molecule has 19 heavy (non-hydrogen) atoms. The van der Waals surface area contributed by atoms with Crippen molar-refractivity contribution in [3.63, 3.8) is 0 Å². The lowest BCUT2D eigenvalue weighted by atomic mass is 9.85. The maximum atomic E-state index is 2.34. The van der Waals surface area contributed by atoms with Crippen LogP contribution < -0.4 is 0 Å². The molecule has 0 saturated carbocycles. The van der Waals surface area contributed by atoms with Gasteiger partial charge in [0, 0.05) is 0 Å². The zero-order valence-corrected chi connectivity index (χ0v) is 12.5. The molecule has 0 spiro atoms. The summed E-state index contributed by atoms with van der Waals surface area (Å²) in [6, 6.07) is 17.7. The molecule has 0 heterocycles. The largest absolute Gasteiger partial charge is 0.0620 e. The van der Waals surface area contributed by atoms with E-state index < -0.39 is 0 Å². The fourth-order valence-electron chi connectivity index (χ4n) is 2.83. The predicted octanol–water partition coefficient (Wildman–Crippen LogP) is 5.60. The number of rotatable bonds is 4. The van der Waals surface area contributed by atoms with Crippen molar-refractivity contribution in [1.29, 1.82) is 0 Å². The standard InChI is InChI=1S/C19H24/c1-14-9-11-18(12-10-14)16(3)13-17(4)19-8-6-5-7-15(19)2/h5-12,16-17H,13H2,1-4H3. The Morgan fingerprint density at radius 3 is 2.05 bits per heavy atom. The summed E-state index contributed by atoms with van der Waals surface area (Å²) in [4.78, 5) is 0. The van der Waals surface area contributed by atoms with Crippen LogP contribution in [0.3, 0.4) is 0 Å². The van der Waals surface area contributed by atoms with Gasteiger partial charge in [0.25, 0.3) is 0 Å². The summed E-state index contributed by atoms with van der Waals surface area (Å²) in [5.41, 5.74) is 5.68. The number of hydrogen-bond acceptors (Lipinski definition) is 0. The number of hydrogen-bond donors (Lipinski definition) is 0. The maximum absolute atomic E-state index is 2.34. The van der Waals surface area contributed by atoms with Crippen LogP contribution in [0.2, 0.25) is 0 Å². The Labute approximate surface area is 117 Å². The second kappa shape index (κ2) is 6.06. The second-order valence-corrected chi connectivity index (χ2v) is 5.81. The molecule has 0 aliphatic carbocycles. The van der Waals surface area contributed by atoms with E-state index in [0.29, 0.717) is 11.8 Å². The predicted molar refractivity (Wildman–Crippen MR) is 83.8 cm³/mol. The SMILES string of the molecule is Cc1ccc(C(C)CC(C)c2ccccc2C)cc1. The molecule has 2 aromatic rings. The molecule has 0 amide bonds. The summed E-state index contributed by atoms with van der Waals surface area (Å²) in [5, 5.41) is 0. The van der Waals surface area contributed by atoms with E-state index in [1.54, 1.807) is 0 Å². The minimum Gasteiger partial charge on any atom is -0.0620 e. The van der Waals surface area contributed by atoms with E-state index in [1.807, 2.05) is 0 Å². The fourth-order valence-corrected chi connectivity index (χ4v) is 2.83. The topological polar surface area (TPSA) is 0 Å². The van der Waals surface area contributed by atoms with E-state index in [9.17, 15) is 0 Å². The zero-order valence-electron chi connectivity index (χ0n) is 12.5. The maximum Gasteiger partial charge on any atom is -0.0182 e. The average molecular weight is 252 g/mol. The van der Waals surface area contributed by atoms with Gasteiger partial charge in [0.15, 0.2) is 0 Å². The van der Waals surface area contributed by atoms with Gasteiger partial charge >= 0.3 is 0 Å². The Kier molecular flexibility index (Phi) is 4.42. The third-order valence-corrected chi connectivity index (χ3v) is 4.07. The van der Waals surface area contributed by atoms with Crippen LogP contribution in [-0.2, 0) is 0 Å². The molecule has 0 radical (unpaired) electrons. The van der Waals surface area contributed by atoms with Gasteiger partial charge in [-0.15, -0.1) is 0 Å². The first-order chi connectivity index (χ1) is 9.08. The van der Waals surface area contributed by atoms with Crippen molar-refractivity contribution in [3.05, 3.63) is 70.8 Å². The van der Waals surface area contributed by atoms with E-state index in [0.717, 1.165) is 0 Å². The summed E-state index contributed by atoms with van der Waals surface area (Å²) in [5.74, 6) is 1.22. The van der Waals surface area contributed by atoms with Crippen molar-refractivity contribution in [2.45, 2.75) is 46.0 Å². The Bertz CT molecular complexity index is 522. The molecule has 2 atom stereocenters. The Morgan fingerprint density at radius 2 is 1.42 bits per heavy atom. The molecule has 2 unspecified atom stereocenters. The molecular weight excluding hydrogens is 228 g/mol. The van der Waals surface area contributed by atoms with Gasteiger partial charge in [0.1, 0.15) is 0 Å². The molecule has 0 aromatic heterocycles. The molecule has 0 aliphatic rings. The lowest BCUT2D eigenvalue weighted by Gasteiger charge is -2.19. The van der Waals surface area contributed by atoms with E-state index in [2.05, 4.69) is 76.2 Å². The lowest BCUT2D eigenvalue weighted by molar-refractivity contribution is 0.591. The highest BCUT2D eigenvalue weighted by Crippen LogP contribution is 2.30. The van der Waals surface area contributed by atoms with Crippen LogP contribution in [0.4, 0.5) is 0 Å². The molecule has 0 N–H and O–H groups in total. The quantitative estimate of drug-likeness (QED) is 0.664. The van der Waals surface area contributed by atoms with E-state index in [1.165, 1.54) is 28.7 Å². The van der Waals surface area contributed by atoms with Gasteiger partial charge in [0.05, 0.1) is 0 Å². The van der Waals surface area contributed by atoms with Crippen LogP contribution in [0.5, 0.6) is 0 Å². The Balaban J connectivity index is 2.08. The molecule has 0 aliphatic heterocycles. The highest BCUT2D eigenvalue weighted by Gasteiger charge is 2.13. The highest BCUT2D eigenvalue weighted by molar-refractivity contribution is 5.30. The second-order valence-electron chi connectivity index (χ2n) is 5.81. The molecule has 2 aromatic carbocycles. The molecule has 0 bridgehead atoms. The van der Waals surface area contributed by atoms with Gasteiger partial charge in [-0.05, 0) is 48.8 Å². The Morgan fingerprint density at radius 1 is 0.789 bits per heavy atom. The monoisotopic (exact) mass is 252 g/mol. The normalized spacial score (nSPS) is 14.1. The first-order valence-corrected chi connectivity index (χ1v) is 7.20. The fraction of sp³-hybridized carbons (Fsp3) is 0.368. The van der Waals surface area contributed by atoms with Gasteiger partial charge in [0.2, 0.25) is 0 Å². The van der Waals surface area contributed by atoms with Crippen LogP contribution in [0.1, 0.15) is 54.4 Å². The third kappa shape index (κ3) is 3.47. The Hall–Kier alpha value is -1.56. The van der Waals surface area contributed by atoms with Crippen molar-refractivity contribution < 1.29 is 0 Å². The first kappa shape index (κ1) is 13.9. The van der Waals surface area contributed by atoms with Gasteiger partial charge in [-0.2, -0.15) is 0 Å². The van der Waals surface area contributed by atoms with Crippen molar-refractivity contribution >= 4 is 0 Å². The molecule has 0 heteroatoms. The van der Waals surface area contributed by atoms with Crippen LogP contribution in [0.25, 0.3) is 0 Å². The minimum absolute atomic E-state index is 0.607. The molecule has 0 saturated heterocycles. The molecule has 0 nitrogen and oxygen atoms in total. The van der Waals surface area contributed by atoms with Crippen LogP contribution >= 0.6 is 0 Å². The minimum atomic E-state index is 0.607. The first-order valence-electron chi connectivity index (χ1n) is 7.20.